The summed E-state index contributed by atoms with van der Waals surface area (Å²) in [5.74, 6) is -0.938. The highest BCUT2D eigenvalue weighted by Crippen LogP contribution is 2.15. The highest BCUT2D eigenvalue weighted by Gasteiger charge is 2.28. The summed E-state index contributed by atoms with van der Waals surface area (Å²) in [4.78, 5) is 23.8. The average Bonchev–Trinajstić information content (AvgIpc) is 2.02. The zero-order valence-electron chi connectivity index (χ0n) is 9.83. The van der Waals surface area contributed by atoms with E-state index in [0.29, 0.717) is 13.1 Å². The van der Waals surface area contributed by atoms with E-state index < -0.39 is 11.4 Å². The van der Waals surface area contributed by atoms with Crippen LogP contribution in [0.3, 0.4) is 0 Å². The number of carboxylic acids is 1. The van der Waals surface area contributed by atoms with Gasteiger partial charge in [0.1, 0.15) is 0 Å². The van der Waals surface area contributed by atoms with Crippen molar-refractivity contribution in [3.8, 4) is 0 Å². The van der Waals surface area contributed by atoms with Gasteiger partial charge in [-0.2, -0.15) is 0 Å². The van der Waals surface area contributed by atoms with E-state index in [0.717, 1.165) is 0 Å². The average molecular weight is 216 g/mol. The van der Waals surface area contributed by atoms with Crippen LogP contribution in [0.15, 0.2) is 0 Å². The molecule has 0 unspecified atom stereocenters. The highest BCUT2D eigenvalue weighted by molar-refractivity contribution is 5.78. The van der Waals surface area contributed by atoms with Gasteiger partial charge in [-0.1, -0.05) is 0 Å². The number of nitrogens with zero attached hydrogens (tertiary/aromatic N) is 1. The maximum Gasteiger partial charge on any atom is 0.310 e. The molecule has 0 aromatic carbocycles. The van der Waals surface area contributed by atoms with Crippen molar-refractivity contribution in [2.24, 2.45) is 5.41 Å². The molecule has 0 aromatic heterocycles. The lowest BCUT2D eigenvalue weighted by Crippen LogP contribution is -2.42. The fourth-order valence-corrected chi connectivity index (χ4v) is 1.30. The van der Waals surface area contributed by atoms with Gasteiger partial charge in [-0.15, -0.1) is 0 Å². The molecule has 0 rings (SSSR count). The Morgan fingerprint density at radius 1 is 1.40 bits per heavy atom. The van der Waals surface area contributed by atoms with E-state index in [2.05, 4.69) is 5.32 Å². The molecule has 0 bridgehead atoms. The molecule has 1 amide bonds. The number of rotatable bonds is 6. The Labute approximate surface area is 90.5 Å². The number of hydrogen-bond donors (Lipinski definition) is 2. The first-order valence-electron chi connectivity index (χ1n) is 4.98. The van der Waals surface area contributed by atoms with Crippen molar-refractivity contribution in [3.63, 3.8) is 0 Å². The number of likely N-dealkylation sites (N-methyl/N-ethyl adjacent to an activating group) is 2. The van der Waals surface area contributed by atoms with Gasteiger partial charge in [-0.05, 0) is 27.8 Å². The lowest BCUT2D eigenvalue weighted by atomic mass is 9.93. The Bertz CT molecular complexity index is 239. The van der Waals surface area contributed by atoms with Crippen molar-refractivity contribution in [2.45, 2.75) is 20.8 Å². The molecule has 15 heavy (non-hydrogen) atoms. The molecule has 88 valence electrons. The lowest BCUT2D eigenvalue weighted by Gasteiger charge is -2.25. The van der Waals surface area contributed by atoms with E-state index >= 15 is 0 Å². The second-order valence-electron chi connectivity index (χ2n) is 4.31. The van der Waals surface area contributed by atoms with Crippen LogP contribution in [0.1, 0.15) is 20.8 Å². The monoisotopic (exact) mass is 216 g/mol. The second kappa shape index (κ2) is 5.70. The second-order valence-corrected chi connectivity index (χ2v) is 4.31. The van der Waals surface area contributed by atoms with Crippen molar-refractivity contribution in [2.75, 3.05) is 26.7 Å². The van der Waals surface area contributed by atoms with Gasteiger partial charge in [0.25, 0.3) is 0 Å². The molecule has 0 fully saturated rings. The molecule has 2 N–H and O–H groups in total. The highest BCUT2D eigenvalue weighted by atomic mass is 16.4. The summed E-state index contributed by atoms with van der Waals surface area (Å²) < 4.78 is 0. The van der Waals surface area contributed by atoms with Crippen molar-refractivity contribution >= 4 is 11.9 Å². The molecule has 5 heteroatoms. The van der Waals surface area contributed by atoms with Crippen LogP contribution in [-0.2, 0) is 9.59 Å². The number of amides is 1. The molecule has 0 aliphatic rings. The normalized spacial score (nSPS) is 11.5. The van der Waals surface area contributed by atoms with Crippen LogP contribution < -0.4 is 5.32 Å². The predicted octanol–water partition coefficient (Wildman–Crippen LogP) is 0.165. The molecule has 5 nitrogen and oxygen atoms in total. The summed E-state index contributed by atoms with van der Waals surface area (Å²) >= 11 is 0. The van der Waals surface area contributed by atoms with E-state index in [1.54, 1.807) is 25.8 Å². The molecule has 0 aliphatic heterocycles. The summed E-state index contributed by atoms with van der Waals surface area (Å²) in [7, 11) is 1.74. The summed E-state index contributed by atoms with van der Waals surface area (Å²) in [5, 5.41) is 11.6. The smallest absolute Gasteiger partial charge is 0.310 e. The molecular formula is C10H20N2O3. The van der Waals surface area contributed by atoms with E-state index in [9.17, 15) is 9.59 Å². The Morgan fingerprint density at radius 2 is 1.93 bits per heavy atom. The van der Waals surface area contributed by atoms with Crippen LogP contribution in [0, 0.1) is 5.41 Å². The summed E-state index contributed by atoms with van der Waals surface area (Å²) in [6, 6.07) is 0. The predicted molar refractivity (Wildman–Crippen MR) is 57.6 cm³/mol. The van der Waals surface area contributed by atoms with Gasteiger partial charge < -0.3 is 10.4 Å². The molecule has 0 saturated carbocycles. The standard InChI is InChI=1S/C10H20N2O3/c1-5-11-8(13)6-12(4)7-10(2,3)9(14)15/h5-7H2,1-4H3,(H,11,13)(H,14,15). The Morgan fingerprint density at radius 3 is 2.33 bits per heavy atom. The molecule has 0 spiro atoms. The van der Waals surface area contributed by atoms with Crippen molar-refractivity contribution in [3.05, 3.63) is 0 Å². The molecule has 0 saturated heterocycles. The van der Waals surface area contributed by atoms with Crippen LogP contribution in [0.4, 0.5) is 0 Å². The Hall–Kier alpha value is -1.10. The molecule has 0 aliphatic carbocycles. The molecule has 0 aromatic rings. The van der Waals surface area contributed by atoms with E-state index in [1.165, 1.54) is 0 Å². The van der Waals surface area contributed by atoms with Crippen molar-refractivity contribution in [1.29, 1.82) is 0 Å². The quantitative estimate of drug-likeness (QED) is 0.664. The number of nitrogens with one attached hydrogen (secondary N) is 1. The number of aliphatic carboxylic acids is 1. The Balaban J connectivity index is 4.08. The number of carbonyl (C=O) groups is 2. The van der Waals surface area contributed by atoms with E-state index in [-0.39, 0.29) is 12.5 Å². The largest absolute Gasteiger partial charge is 0.481 e. The van der Waals surface area contributed by atoms with Crippen LogP contribution in [0.2, 0.25) is 0 Å². The van der Waals surface area contributed by atoms with Crippen LogP contribution >= 0.6 is 0 Å². The van der Waals surface area contributed by atoms with E-state index in [4.69, 9.17) is 5.11 Å². The Kier molecular flexibility index (Phi) is 5.28. The third-order valence-corrected chi connectivity index (χ3v) is 2.03. The first-order chi connectivity index (χ1) is 6.79. The zero-order chi connectivity index (χ0) is 12.1. The fraction of sp³-hybridized carbons (Fsp3) is 0.800. The molecular weight excluding hydrogens is 196 g/mol. The van der Waals surface area contributed by atoms with Crippen LogP contribution in [-0.4, -0.2) is 48.6 Å². The first-order valence-corrected chi connectivity index (χ1v) is 4.98. The lowest BCUT2D eigenvalue weighted by molar-refractivity contribution is -0.148. The molecule has 0 radical (unpaired) electrons. The number of hydrogen-bond acceptors (Lipinski definition) is 3. The number of carboxylic acid groups (broad SMARTS) is 1. The van der Waals surface area contributed by atoms with Gasteiger partial charge in [0.2, 0.25) is 5.91 Å². The fourth-order valence-electron chi connectivity index (χ4n) is 1.30. The van der Waals surface area contributed by atoms with Gasteiger partial charge in [0.05, 0.1) is 12.0 Å². The first kappa shape index (κ1) is 13.9. The van der Waals surface area contributed by atoms with Crippen LogP contribution in [0.25, 0.3) is 0 Å². The minimum absolute atomic E-state index is 0.0822. The maximum atomic E-state index is 11.2. The zero-order valence-corrected chi connectivity index (χ0v) is 9.83. The van der Waals surface area contributed by atoms with Crippen LogP contribution in [0.5, 0.6) is 0 Å². The van der Waals surface area contributed by atoms with Gasteiger partial charge in [0.15, 0.2) is 0 Å². The maximum absolute atomic E-state index is 11.2. The molecule has 0 atom stereocenters. The topological polar surface area (TPSA) is 69.6 Å². The minimum Gasteiger partial charge on any atom is -0.481 e. The van der Waals surface area contributed by atoms with Gasteiger partial charge in [-0.25, -0.2) is 0 Å². The number of carbonyl (C=O) groups excluding carboxylic acids is 1. The van der Waals surface area contributed by atoms with Crippen molar-refractivity contribution < 1.29 is 14.7 Å². The van der Waals surface area contributed by atoms with Gasteiger partial charge in [-0.3, -0.25) is 14.5 Å². The summed E-state index contributed by atoms with van der Waals surface area (Å²) in [6.07, 6.45) is 0. The summed E-state index contributed by atoms with van der Waals surface area (Å²) in [6.45, 7) is 6.30. The van der Waals surface area contributed by atoms with Gasteiger partial charge in [0, 0.05) is 13.1 Å². The third kappa shape index (κ3) is 5.37. The van der Waals surface area contributed by atoms with Gasteiger partial charge >= 0.3 is 5.97 Å². The SMILES string of the molecule is CCNC(=O)CN(C)CC(C)(C)C(=O)O. The molecule has 0 heterocycles. The summed E-state index contributed by atoms with van der Waals surface area (Å²) in [5.41, 5.74) is -0.832. The minimum atomic E-state index is -0.856. The third-order valence-electron chi connectivity index (χ3n) is 2.03. The van der Waals surface area contributed by atoms with E-state index in [1.807, 2.05) is 6.92 Å². The van der Waals surface area contributed by atoms with Crippen molar-refractivity contribution in [1.82, 2.24) is 10.2 Å².